The molecule has 2 aliphatic rings. The molecule has 2 heteroatoms. The van der Waals surface area contributed by atoms with Crippen LogP contribution in [-0.4, -0.2) is 12.2 Å². The molecular formula is C13H16O2. The first-order chi connectivity index (χ1) is 7.29. The first-order valence-corrected chi connectivity index (χ1v) is 5.68. The third kappa shape index (κ3) is 1.28. The third-order valence-electron chi connectivity index (χ3n) is 3.78. The van der Waals surface area contributed by atoms with E-state index in [2.05, 4.69) is 6.07 Å². The molecule has 2 aliphatic carbocycles. The van der Waals surface area contributed by atoms with Gasteiger partial charge in [-0.1, -0.05) is 0 Å². The van der Waals surface area contributed by atoms with Crippen molar-refractivity contribution in [2.24, 2.45) is 0 Å². The highest BCUT2D eigenvalue weighted by Gasteiger charge is 2.34. The quantitative estimate of drug-likeness (QED) is 0.761. The van der Waals surface area contributed by atoms with Gasteiger partial charge in [-0.25, -0.2) is 0 Å². The lowest BCUT2D eigenvalue weighted by atomic mass is 9.84. The summed E-state index contributed by atoms with van der Waals surface area (Å²) in [4.78, 5) is 0. The zero-order valence-electron chi connectivity index (χ0n) is 8.99. The number of ether oxygens (including phenoxy) is 1. The predicted molar refractivity (Wildman–Crippen MR) is 58.2 cm³/mol. The zero-order chi connectivity index (χ0) is 10.4. The Labute approximate surface area is 89.9 Å². The molecule has 3 rings (SSSR count). The molecule has 15 heavy (non-hydrogen) atoms. The molecule has 2 unspecified atom stereocenters. The van der Waals surface area contributed by atoms with Crippen LogP contribution in [0, 0.1) is 0 Å². The third-order valence-corrected chi connectivity index (χ3v) is 3.78. The van der Waals surface area contributed by atoms with Gasteiger partial charge >= 0.3 is 0 Å². The molecule has 0 heterocycles. The molecule has 0 aliphatic heterocycles. The van der Waals surface area contributed by atoms with E-state index in [9.17, 15) is 5.11 Å². The summed E-state index contributed by atoms with van der Waals surface area (Å²) in [5.74, 6) is 1.50. The van der Waals surface area contributed by atoms with Crippen molar-refractivity contribution in [2.75, 3.05) is 7.11 Å². The van der Waals surface area contributed by atoms with Gasteiger partial charge in [0, 0.05) is 0 Å². The Morgan fingerprint density at radius 2 is 2.27 bits per heavy atom. The van der Waals surface area contributed by atoms with Gasteiger partial charge in [0.1, 0.15) is 5.75 Å². The second-order valence-electron chi connectivity index (χ2n) is 4.63. The van der Waals surface area contributed by atoms with Crippen LogP contribution < -0.4 is 4.74 Å². The van der Waals surface area contributed by atoms with Crippen LogP contribution in [0.25, 0.3) is 0 Å². The van der Waals surface area contributed by atoms with Gasteiger partial charge in [0.2, 0.25) is 0 Å². The second kappa shape index (κ2) is 3.24. The van der Waals surface area contributed by atoms with Crippen molar-refractivity contribution in [1.82, 2.24) is 0 Å². The molecule has 0 amide bonds. The van der Waals surface area contributed by atoms with Crippen LogP contribution in [0.4, 0.5) is 0 Å². The van der Waals surface area contributed by atoms with E-state index in [1.54, 1.807) is 7.11 Å². The molecule has 0 fully saturated rings. The van der Waals surface area contributed by atoms with Crippen LogP contribution in [0.3, 0.4) is 0 Å². The van der Waals surface area contributed by atoms with E-state index >= 15 is 0 Å². The van der Waals surface area contributed by atoms with Crippen LogP contribution in [0.5, 0.6) is 5.75 Å². The van der Waals surface area contributed by atoms with E-state index in [0.29, 0.717) is 5.92 Å². The predicted octanol–water partition coefficient (Wildman–Crippen LogP) is 2.55. The van der Waals surface area contributed by atoms with Crippen molar-refractivity contribution >= 4 is 0 Å². The minimum atomic E-state index is -0.267. The van der Waals surface area contributed by atoms with Crippen molar-refractivity contribution in [3.63, 3.8) is 0 Å². The topological polar surface area (TPSA) is 29.5 Å². The summed E-state index contributed by atoms with van der Waals surface area (Å²) in [6, 6.07) is 4.15. The Hall–Kier alpha value is -1.02. The zero-order valence-corrected chi connectivity index (χ0v) is 8.99. The Morgan fingerprint density at radius 3 is 3.07 bits per heavy atom. The lowest BCUT2D eigenvalue weighted by Crippen LogP contribution is -2.06. The summed E-state index contributed by atoms with van der Waals surface area (Å²) in [7, 11) is 1.69. The van der Waals surface area contributed by atoms with Crippen molar-refractivity contribution in [3.8, 4) is 5.75 Å². The molecular weight excluding hydrogens is 188 g/mol. The van der Waals surface area contributed by atoms with E-state index in [1.165, 1.54) is 24.0 Å². The van der Waals surface area contributed by atoms with E-state index in [1.807, 2.05) is 6.07 Å². The highest BCUT2D eigenvalue weighted by atomic mass is 16.5. The molecule has 2 atom stereocenters. The van der Waals surface area contributed by atoms with Gasteiger partial charge in [0.15, 0.2) is 0 Å². The first-order valence-electron chi connectivity index (χ1n) is 5.68. The Bertz CT molecular complexity index is 398. The molecule has 0 spiro atoms. The fourth-order valence-corrected chi connectivity index (χ4v) is 3.12. The largest absolute Gasteiger partial charge is 0.497 e. The van der Waals surface area contributed by atoms with Gasteiger partial charge < -0.3 is 9.84 Å². The van der Waals surface area contributed by atoms with Crippen LogP contribution >= 0.6 is 0 Å². The summed E-state index contributed by atoms with van der Waals surface area (Å²) >= 11 is 0. The minimum absolute atomic E-state index is 0.267. The molecule has 1 N–H and O–H groups in total. The van der Waals surface area contributed by atoms with Gasteiger partial charge in [-0.05, 0) is 60.4 Å². The van der Waals surface area contributed by atoms with Crippen LogP contribution in [0.1, 0.15) is 48.0 Å². The normalized spacial score (nSPS) is 27.6. The summed E-state index contributed by atoms with van der Waals surface area (Å²) < 4.78 is 5.28. The van der Waals surface area contributed by atoms with Crippen LogP contribution in [-0.2, 0) is 6.42 Å². The first kappa shape index (κ1) is 9.22. The van der Waals surface area contributed by atoms with Crippen LogP contribution in [0.2, 0.25) is 0 Å². The Morgan fingerprint density at radius 1 is 1.40 bits per heavy atom. The lowest BCUT2D eigenvalue weighted by molar-refractivity contribution is 0.171. The SMILES string of the molecule is COc1cc2c3c(c1)C(O)CC3CCC2. The average Bonchev–Trinajstić information content (AvgIpc) is 2.58. The van der Waals surface area contributed by atoms with Gasteiger partial charge in [0.05, 0.1) is 13.2 Å². The molecule has 80 valence electrons. The van der Waals surface area contributed by atoms with Crippen molar-refractivity contribution in [3.05, 3.63) is 28.8 Å². The molecule has 0 aromatic heterocycles. The number of methoxy groups -OCH3 is 1. The fraction of sp³-hybridized carbons (Fsp3) is 0.538. The molecule has 1 aromatic rings. The maximum Gasteiger partial charge on any atom is 0.119 e. The lowest BCUT2D eigenvalue weighted by Gasteiger charge is -2.21. The fourth-order valence-electron chi connectivity index (χ4n) is 3.12. The van der Waals surface area contributed by atoms with Crippen LogP contribution in [0.15, 0.2) is 12.1 Å². The number of aliphatic hydroxyl groups excluding tert-OH is 1. The molecule has 0 saturated heterocycles. The molecule has 0 bridgehead atoms. The summed E-state index contributed by atoms with van der Waals surface area (Å²) in [5, 5.41) is 10.00. The van der Waals surface area contributed by atoms with E-state index in [-0.39, 0.29) is 6.10 Å². The van der Waals surface area contributed by atoms with Gasteiger partial charge in [-0.2, -0.15) is 0 Å². The number of rotatable bonds is 1. The van der Waals surface area contributed by atoms with Crippen molar-refractivity contribution in [1.29, 1.82) is 0 Å². The van der Waals surface area contributed by atoms with Gasteiger partial charge in [-0.3, -0.25) is 0 Å². The van der Waals surface area contributed by atoms with Crippen molar-refractivity contribution < 1.29 is 9.84 Å². The number of hydrogen-bond acceptors (Lipinski definition) is 2. The van der Waals surface area contributed by atoms with Gasteiger partial charge in [0.25, 0.3) is 0 Å². The van der Waals surface area contributed by atoms with E-state index in [4.69, 9.17) is 4.74 Å². The van der Waals surface area contributed by atoms with E-state index < -0.39 is 0 Å². The number of aliphatic hydroxyl groups is 1. The standard InChI is InChI=1S/C13H16O2/c1-15-10-5-8-3-2-4-9-6-12(14)11(7-10)13(8)9/h5,7,9,12,14H,2-4,6H2,1H3. The molecule has 0 radical (unpaired) electrons. The Kier molecular flexibility index (Phi) is 1.99. The highest BCUT2D eigenvalue weighted by Crippen LogP contribution is 2.48. The number of hydrogen-bond donors (Lipinski definition) is 1. The monoisotopic (exact) mass is 204 g/mol. The second-order valence-corrected chi connectivity index (χ2v) is 4.63. The van der Waals surface area contributed by atoms with Crippen molar-refractivity contribution in [2.45, 2.75) is 37.7 Å². The smallest absolute Gasteiger partial charge is 0.119 e. The maximum absolute atomic E-state index is 10.00. The number of aryl methyl sites for hydroxylation is 1. The maximum atomic E-state index is 10.00. The number of benzene rings is 1. The summed E-state index contributed by atoms with van der Waals surface area (Å²) in [6.07, 6.45) is 4.27. The minimum Gasteiger partial charge on any atom is -0.497 e. The molecule has 2 nitrogen and oxygen atoms in total. The summed E-state index contributed by atoms with van der Waals surface area (Å²) in [5.41, 5.74) is 3.95. The summed E-state index contributed by atoms with van der Waals surface area (Å²) in [6.45, 7) is 0. The van der Waals surface area contributed by atoms with E-state index in [0.717, 1.165) is 24.2 Å². The Balaban J connectivity index is 2.18. The molecule has 0 saturated carbocycles. The van der Waals surface area contributed by atoms with Gasteiger partial charge in [-0.15, -0.1) is 0 Å². The average molecular weight is 204 g/mol. The molecule has 1 aromatic carbocycles. The highest BCUT2D eigenvalue weighted by molar-refractivity contribution is 5.49.